The van der Waals surface area contributed by atoms with Crippen LogP contribution in [0, 0.1) is 6.92 Å². The van der Waals surface area contributed by atoms with Gasteiger partial charge in [0.1, 0.15) is 23.0 Å². The molecule has 1 amide bonds. The van der Waals surface area contributed by atoms with Crippen LogP contribution in [-0.2, 0) is 11.8 Å². The molecule has 0 fully saturated rings. The lowest BCUT2D eigenvalue weighted by Gasteiger charge is -2.07. The maximum Gasteiger partial charge on any atom is 0.343 e. The Morgan fingerprint density at radius 1 is 1.03 bits per heavy atom. The first kappa shape index (κ1) is 21.7. The molecule has 0 aliphatic heterocycles. The van der Waals surface area contributed by atoms with Crippen LogP contribution in [0.4, 0.5) is 5.69 Å². The highest BCUT2D eigenvalue weighted by atomic mass is 16.5. The summed E-state index contributed by atoms with van der Waals surface area (Å²) in [5, 5.41) is 2.75. The van der Waals surface area contributed by atoms with Crippen LogP contribution in [0.1, 0.15) is 36.8 Å². The van der Waals surface area contributed by atoms with Crippen molar-refractivity contribution in [3.63, 3.8) is 0 Å². The van der Waals surface area contributed by atoms with Crippen molar-refractivity contribution >= 4 is 34.4 Å². The molecule has 0 saturated carbocycles. The molecule has 1 N–H and O–H groups in total. The van der Waals surface area contributed by atoms with Crippen molar-refractivity contribution in [2.45, 2.75) is 6.92 Å². The first-order valence-corrected chi connectivity index (χ1v) is 9.96. The molecule has 0 aliphatic rings. The van der Waals surface area contributed by atoms with Gasteiger partial charge in [0.25, 0.3) is 11.5 Å². The number of carbonyl (C=O) groups excluding carboxylic acids is 3. The monoisotopic (exact) mass is 445 g/mol. The number of aromatic nitrogens is 2. The lowest BCUT2D eigenvalue weighted by atomic mass is 10.1. The van der Waals surface area contributed by atoms with Crippen LogP contribution in [0.3, 0.4) is 0 Å². The summed E-state index contributed by atoms with van der Waals surface area (Å²) in [5.74, 6) is -1.39. The van der Waals surface area contributed by atoms with Crippen LogP contribution in [0.25, 0.3) is 11.1 Å². The van der Waals surface area contributed by atoms with Crippen molar-refractivity contribution in [3.05, 3.63) is 93.7 Å². The van der Waals surface area contributed by atoms with E-state index in [0.717, 1.165) is 0 Å². The average Bonchev–Trinajstić information content (AvgIpc) is 3.17. The molecule has 0 aliphatic carbocycles. The predicted molar refractivity (Wildman–Crippen MR) is 119 cm³/mol. The Labute approximate surface area is 187 Å². The molecule has 4 rings (SSSR count). The zero-order chi connectivity index (χ0) is 23.5. The highest BCUT2D eigenvalue weighted by Crippen LogP contribution is 2.22. The second kappa shape index (κ2) is 8.91. The Morgan fingerprint density at radius 3 is 2.42 bits per heavy atom. The molecule has 9 heteroatoms. The Morgan fingerprint density at radius 2 is 1.73 bits per heavy atom. The molecule has 33 heavy (non-hydrogen) atoms. The van der Waals surface area contributed by atoms with E-state index in [-0.39, 0.29) is 28.3 Å². The summed E-state index contributed by atoms with van der Waals surface area (Å²) >= 11 is 0. The first-order valence-electron chi connectivity index (χ1n) is 9.96. The van der Waals surface area contributed by atoms with E-state index >= 15 is 0 Å². The number of rotatable bonds is 6. The van der Waals surface area contributed by atoms with Gasteiger partial charge < -0.3 is 19.0 Å². The fourth-order valence-corrected chi connectivity index (χ4v) is 3.25. The molecular formula is C24H19N3O6. The third-order valence-corrected chi connectivity index (χ3v) is 4.99. The van der Waals surface area contributed by atoms with E-state index in [0.29, 0.717) is 16.8 Å². The molecule has 2 aromatic carbocycles. The van der Waals surface area contributed by atoms with Crippen molar-refractivity contribution in [2.75, 3.05) is 11.9 Å². The third-order valence-electron chi connectivity index (χ3n) is 4.99. The Balaban J connectivity index is 1.42. The summed E-state index contributed by atoms with van der Waals surface area (Å²) in [6.07, 6.45) is 1.29. The fraction of sp³-hybridized carbons (Fsp3) is 0.125. The van der Waals surface area contributed by atoms with Gasteiger partial charge in [-0.1, -0.05) is 18.2 Å². The molecular weight excluding hydrogens is 426 g/mol. The summed E-state index contributed by atoms with van der Waals surface area (Å²) in [4.78, 5) is 53.7. The second-order valence-electron chi connectivity index (χ2n) is 7.27. The van der Waals surface area contributed by atoms with E-state index < -0.39 is 23.9 Å². The van der Waals surface area contributed by atoms with Crippen molar-refractivity contribution in [2.24, 2.45) is 7.05 Å². The second-order valence-corrected chi connectivity index (χ2v) is 7.27. The molecule has 0 spiro atoms. The van der Waals surface area contributed by atoms with Crippen LogP contribution in [0.15, 0.2) is 70.1 Å². The maximum absolute atomic E-state index is 12.6. The van der Waals surface area contributed by atoms with Crippen molar-refractivity contribution in [1.29, 1.82) is 0 Å². The normalized spacial score (nSPS) is 10.7. The summed E-state index contributed by atoms with van der Waals surface area (Å²) in [6.45, 7) is 0.989. The standard InChI is InChI=1S/C24H19N3O6/c1-14-19(20-22(33-14)25-13-27(2)23(20)30)24(31)32-12-18(28)15-8-10-17(11-9-15)26-21(29)16-6-4-3-5-7-16/h3-11,13H,12H2,1-2H3,(H,26,29). The number of Topliss-reactive ketones (excluding diaryl/α,β-unsaturated/α-hetero) is 1. The number of esters is 1. The number of nitrogens with one attached hydrogen (secondary N) is 1. The van der Waals surface area contributed by atoms with Gasteiger partial charge in [-0.15, -0.1) is 0 Å². The summed E-state index contributed by atoms with van der Waals surface area (Å²) < 4.78 is 11.7. The largest absolute Gasteiger partial charge is 0.454 e. The van der Waals surface area contributed by atoms with Crippen molar-refractivity contribution < 1.29 is 23.5 Å². The molecule has 2 aromatic heterocycles. The number of anilines is 1. The van der Waals surface area contributed by atoms with Crippen LogP contribution < -0.4 is 10.9 Å². The SMILES string of the molecule is Cc1oc2ncn(C)c(=O)c2c1C(=O)OCC(=O)c1ccc(NC(=O)c2ccccc2)cc1. The number of ether oxygens (including phenoxy) is 1. The molecule has 0 atom stereocenters. The molecule has 9 nitrogen and oxygen atoms in total. The number of amides is 1. The summed E-state index contributed by atoms with van der Waals surface area (Å²) in [5.41, 5.74) is 0.848. The van der Waals surface area contributed by atoms with E-state index in [1.807, 2.05) is 6.07 Å². The van der Waals surface area contributed by atoms with Crippen molar-refractivity contribution in [1.82, 2.24) is 9.55 Å². The number of carbonyl (C=O) groups is 3. The van der Waals surface area contributed by atoms with E-state index in [2.05, 4.69) is 10.3 Å². The van der Waals surface area contributed by atoms with Gasteiger partial charge in [-0.25, -0.2) is 9.78 Å². The molecule has 0 unspecified atom stereocenters. The van der Waals surface area contributed by atoms with Crippen LogP contribution in [0.5, 0.6) is 0 Å². The van der Waals surface area contributed by atoms with Crippen LogP contribution in [-0.4, -0.2) is 33.8 Å². The molecule has 0 radical (unpaired) electrons. The highest BCUT2D eigenvalue weighted by Gasteiger charge is 2.24. The summed E-state index contributed by atoms with van der Waals surface area (Å²) in [7, 11) is 1.50. The lowest BCUT2D eigenvalue weighted by molar-refractivity contribution is 0.0474. The van der Waals surface area contributed by atoms with E-state index in [9.17, 15) is 19.2 Å². The number of aryl methyl sites for hydroxylation is 2. The fourth-order valence-electron chi connectivity index (χ4n) is 3.25. The van der Waals surface area contributed by atoms with Gasteiger partial charge in [0.15, 0.2) is 12.4 Å². The number of hydrogen-bond donors (Lipinski definition) is 1. The minimum atomic E-state index is -0.851. The Bertz CT molecular complexity index is 1420. The molecule has 4 aromatic rings. The number of hydrogen-bond acceptors (Lipinski definition) is 7. The first-order chi connectivity index (χ1) is 15.8. The van der Waals surface area contributed by atoms with Gasteiger partial charge in [0.2, 0.25) is 5.71 Å². The minimum absolute atomic E-state index is 0.00783. The van der Waals surface area contributed by atoms with Crippen LogP contribution >= 0.6 is 0 Å². The van der Waals surface area contributed by atoms with Gasteiger partial charge >= 0.3 is 5.97 Å². The van der Waals surface area contributed by atoms with Gasteiger partial charge in [0.05, 0.1) is 0 Å². The Hall–Kier alpha value is -4.53. The molecule has 0 saturated heterocycles. The van der Waals surface area contributed by atoms with Gasteiger partial charge in [0, 0.05) is 23.9 Å². The van der Waals surface area contributed by atoms with Crippen molar-refractivity contribution in [3.8, 4) is 0 Å². The summed E-state index contributed by atoms with van der Waals surface area (Å²) in [6, 6.07) is 14.9. The molecule has 2 heterocycles. The lowest BCUT2D eigenvalue weighted by Crippen LogP contribution is -2.20. The van der Waals surface area contributed by atoms with Gasteiger partial charge in [-0.05, 0) is 43.3 Å². The van der Waals surface area contributed by atoms with E-state index in [1.165, 1.54) is 37.0 Å². The topological polar surface area (TPSA) is 120 Å². The van der Waals surface area contributed by atoms with E-state index in [1.54, 1.807) is 36.4 Å². The smallest absolute Gasteiger partial charge is 0.343 e. The predicted octanol–water partition coefficient (Wildman–Crippen LogP) is 3.13. The number of ketones is 1. The minimum Gasteiger partial charge on any atom is -0.454 e. The quantitative estimate of drug-likeness (QED) is 0.358. The number of furan rings is 1. The average molecular weight is 445 g/mol. The molecule has 0 bridgehead atoms. The zero-order valence-corrected chi connectivity index (χ0v) is 17.8. The number of fused-ring (bicyclic) bond motifs is 1. The third kappa shape index (κ3) is 4.42. The highest BCUT2D eigenvalue weighted by molar-refractivity contribution is 6.06. The molecule has 166 valence electrons. The number of nitrogens with zero attached hydrogens (tertiary/aromatic N) is 2. The van der Waals surface area contributed by atoms with E-state index in [4.69, 9.17) is 9.15 Å². The zero-order valence-electron chi connectivity index (χ0n) is 17.8. The maximum atomic E-state index is 12.6. The van der Waals surface area contributed by atoms with Gasteiger partial charge in [-0.2, -0.15) is 0 Å². The Kier molecular flexibility index (Phi) is 5.86. The van der Waals surface area contributed by atoms with Gasteiger partial charge in [-0.3, -0.25) is 14.4 Å². The van der Waals surface area contributed by atoms with Crippen LogP contribution in [0.2, 0.25) is 0 Å². The number of benzene rings is 2.